The third-order valence-electron chi connectivity index (χ3n) is 3.00. The number of hydrogen-bond acceptors (Lipinski definition) is 3. The highest BCUT2D eigenvalue weighted by Gasteiger charge is 2.09. The number of hydrogen-bond donors (Lipinski definition) is 3. The van der Waals surface area contributed by atoms with E-state index in [1.807, 2.05) is 0 Å². The molecule has 2 aromatic rings. The molecule has 2 rings (SSSR count). The van der Waals surface area contributed by atoms with Gasteiger partial charge in [0.2, 0.25) is 0 Å². The Morgan fingerprint density at radius 1 is 1.24 bits per heavy atom. The number of benzene rings is 1. The van der Waals surface area contributed by atoms with Crippen molar-refractivity contribution in [1.29, 1.82) is 0 Å². The summed E-state index contributed by atoms with van der Waals surface area (Å²) in [4.78, 5) is 11.6. The van der Waals surface area contributed by atoms with Crippen LogP contribution in [-0.2, 0) is 6.54 Å². The molecule has 3 N–H and O–H groups in total. The van der Waals surface area contributed by atoms with Crippen LogP contribution in [0.5, 0.6) is 0 Å². The number of halogens is 1. The fourth-order valence-corrected chi connectivity index (χ4v) is 1.80. The first kappa shape index (κ1) is 15.1. The van der Waals surface area contributed by atoms with Gasteiger partial charge in [-0.15, -0.1) is 0 Å². The molecular formula is C15H17FN2O3. The predicted molar refractivity (Wildman–Crippen MR) is 74.9 cm³/mol. The van der Waals surface area contributed by atoms with E-state index < -0.39 is 6.10 Å². The number of amides is 2. The molecule has 1 atom stereocenters. The zero-order chi connectivity index (χ0) is 15.1. The first-order chi connectivity index (χ1) is 10.1. The van der Waals surface area contributed by atoms with Crippen LogP contribution in [0.25, 0.3) is 0 Å². The Bertz CT molecular complexity index is 555. The maximum Gasteiger partial charge on any atom is 0.315 e. The SMILES string of the molecule is O=C(NCCC(O)c1ccoc1)NCc1ccc(F)cc1. The fourth-order valence-electron chi connectivity index (χ4n) is 1.80. The summed E-state index contributed by atoms with van der Waals surface area (Å²) in [5, 5.41) is 15.1. The smallest absolute Gasteiger partial charge is 0.315 e. The molecule has 1 aromatic heterocycles. The van der Waals surface area contributed by atoms with Gasteiger partial charge in [-0.1, -0.05) is 12.1 Å². The van der Waals surface area contributed by atoms with Gasteiger partial charge in [-0.25, -0.2) is 9.18 Å². The van der Waals surface area contributed by atoms with Gasteiger partial charge in [0.25, 0.3) is 0 Å². The Hall–Kier alpha value is -2.34. The zero-order valence-corrected chi connectivity index (χ0v) is 11.4. The van der Waals surface area contributed by atoms with Crippen molar-refractivity contribution in [2.45, 2.75) is 19.1 Å². The molecule has 0 aliphatic rings. The van der Waals surface area contributed by atoms with E-state index in [2.05, 4.69) is 10.6 Å². The van der Waals surface area contributed by atoms with Crippen LogP contribution in [0.15, 0.2) is 47.3 Å². The van der Waals surface area contributed by atoms with Gasteiger partial charge in [0, 0.05) is 18.7 Å². The number of carbonyl (C=O) groups is 1. The second-order valence-corrected chi connectivity index (χ2v) is 4.60. The van der Waals surface area contributed by atoms with Gasteiger partial charge < -0.3 is 20.2 Å². The van der Waals surface area contributed by atoms with Gasteiger partial charge in [-0.2, -0.15) is 0 Å². The molecule has 0 aliphatic carbocycles. The maximum absolute atomic E-state index is 12.7. The van der Waals surface area contributed by atoms with Crippen LogP contribution >= 0.6 is 0 Å². The molecule has 21 heavy (non-hydrogen) atoms. The highest BCUT2D eigenvalue weighted by molar-refractivity contribution is 5.73. The maximum atomic E-state index is 12.7. The Morgan fingerprint density at radius 3 is 2.67 bits per heavy atom. The van der Waals surface area contributed by atoms with E-state index in [1.54, 1.807) is 18.2 Å². The van der Waals surface area contributed by atoms with Crippen LogP contribution in [0.4, 0.5) is 9.18 Å². The van der Waals surface area contributed by atoms with Crippen molar-refractivity contribution < 1.29 is 18.7 Å². The molecule has 112 valence electrons. The molecule has 0 fully saturated rings. The summed E-state index contributed by atoms with van der Waals surface area (Å²) < 4.78 is 17.6. The van der Waals surface area contributed by atoms with Crippen LogP contribution in [0.3, 0.4) is 0 Å². The van der Waals surface area contributed by atoms with Gasteiger partial charge in [0.1, 0.15) is 5.82 Å². The largest absolute Gasteiger partial charge is 0.472 e. The lowest BCUT2D eigenvalue weighted by Gasteiger charge is -2.10. The molecule has 1 aromatic carbocycles. The third-order valence-corrected chi connectivity index (χ3v) is 3.00. The summed E-state index contributed by atoms with van der Waals surface area (Å²) >= 11 is 0. The predicted octanol–water partition coefficient (Wildman–Crippen LogP) is 2.34. The lowest BCUT2D eigenvalue weighted by molar-refractivity contribution is 0.166. The Kier molecular flexibility index (Phi) is 5.34. The highest BCUT2D eigenvalue weighted by atomic mass is 19.1. The second kappa shape index (κ2) is 7.44. The number of furan rings is 1. The van der Waals surface area contributed by atoms with E-state index in [-0.39, 0.29) is 11.8 Å². The van der Waals surface area contributed by atoms with E-state index >= 15 is 0 Å². The van der Waals surface area contributed by atoms with E-state index in [0.717, 1.165) is 5.56 Å². The Balaban J connectivity index is 1.64. The fraction of sp³-hybridized carbons (Fsp3) is 0.267. The van der Waals surface area contributed by atoms with Gasteiger partial charge in [-0.3, -0.25) is 0 Å². The summed E-state index contributed by atoms with van der Waals surface area (Å²) in [6.07, 6.45) is 2.69. The first-order valence-electron chi connectivity index (χ1n) is 6.61. The molecule has 0 saturated carbocycles. The molecule has 6 heteroatoms. The molecule has 0 aliphatic heterocycles. The van der Waals surface area contributed by atoms with Crippen molar-refractivity contribution in [2.75, 3.05) is 6.54 Å². The lowest BCUT2D eigenvalue weighted by atomic mass is 10.1. The van der Waals surface area contributed by atoms with E-state index in [0.29, 0.717) is 25.1 Å². The first-order valence-corrected chi connectivity index (χ1v) is 6.61. The average Bonchev–Trinajstić information content (AvgIpc) is 3.01. The van der Waals surface area contributed by atoms with Crippen LogP contribution in [0.2, 0.25) is 0 Å². The number of nitrogens with one attached hydrogen (secondary N) is 2. The van der Waals surface area contributed by atoms with E-state index in [9.17, 15) is 14.3 Å². The minimum atomic E-state index is -0.666. The third kappa shape index (κ3) is 4.92. The number of carbonyl (C=O) groups excluding carboxylic acids is 1. The molecule has 0 bridgehead atoms. The van der Waals surface area contributed by atoms with Crippen LogP contribution < -0.4 is 10.6 Å². The van der Waals surface area contributed by atoms with E-state index in [4.69, 9.17) is 4.42 Å². The summed E-state index contributed by atoms with van der Waals surface area (Å²) in [7, 11) is 0. The number of aliphatic hydroxyl groups excluding tert-OH is 1. The standard InChI is InChI=1S/C15H17FN2O3/c16-13-3-1-11(2-4-13)9-18-15(20)17-7-5-14(19)12-6-8-21-10-12/h1-4,6,8,10,14,19H,5,7,9H2,(H2,17,18,20). The molecule has 1 unspecified atom stereocenters. The van der Waals surface area contributed by atoms with Crippen LogP contribution in [0.1, 0.15) is 23.7 Å². The molecule has 0 saturated heterocycles. The Morgan fingerprint density at radius 2 is 2.00 bits per heavy atom. The van der Waals surface area contributed by atoms with E-state index in [1.165, 1.54) is 24.7 Å². The van der Waals surface area contributed by atoms with Crippen molar-refractivity contribution >= 4 is 6.03 Å². The quantitative estimate of drug-likeness (QED) is 0.765. The summed E-state index contributed by atoms with van der Waals surface area (Å²) in [6, 6.07) is 7.25. The molecule has 5 nitrogen and oxygen atoms in total. The molecule has 0 spiro atoms. The summed E-state index contributed by atoms with van der Waals surface area (Å²) in [5.74, 6) is -0.309. The topological polar surface area (TPSA) is 74.5 Å². The molecule has 0 radical (unpaired) electrons. The van der Waals surface area contributed by atoms with Crippen molar-refractivity contribution in [3.05, 3.63) is 59.8 Å². The van der Waals surface area contributed by atoms with Crippen molar-refractivity contribution in [1.82, 2.24) is 10.6 Å². The molecular weight excluding hydrogens is 275 g/mol. The second-order valence-electron chi connectivity index (χ2n) is 4.60. The Labute approximate surface area is 121 Å². The van der Waals surface area contributed by atoms with Crippen molar-refractivity contribution in [3.63, 3.8) is 0 Å². The summed E-state index contributed by atoms with van der Waals surface area (Å²) in [6.45, 7) is 0.651. The highest BCUT2D eigenvalue weighted by Crippen LogP contribution is 2.15. The minimum absolute atomic E-state index is 0.309. The molecule has 2 amide bonds. The monoisotopic (exact) mass is 292 g/mol. The average molecular weight is 292 g/mol. The number of rotatable bonds is 6. The number of aliphatic hydroxyl groups is 1. The van der Waals surface area contributed by atoms with Gasteiger partial charge in [0.05, 0.1) is 18.6 Å². The lowest BCUT2D eigenvalue weighted by Crippen LogP contribution is -2.36. The van der Waals surface area contributed by atoms with Gasteiger partial charge in [0.15, 0.2) is 0 Å². The van der Waals surface area contributed by atoms with Gasteiger partial charge in [-0.05, 0) is 30.2 Å². The zero-order valence-electron chi connectivity index (χ0n) is 11.4. The number of urea groups is 1. The van der Waals surface area contributed by atoms with Crippen molar-refractivity contribution in [3.8, 4) is 0 Å². The summed E-state index contributed by atoms with van der Waals surface area (Å²) in [5.41, 5.74) is 1.49. The minimum Gasteiger partial charge on any atom is -0.472 e. The normalized spacial score (nSPS) is 11.9. The van der Waals surface area contributed by atoms with Crippen molar-refractivity contribution in [2.24, 2.45) is 0 Å². The van der Waals surface area contributed by atoms with Gasteiger partial charge >= 0.3 is 6.03 Å². The van der Waals surface area contributed by atoms with Crippen LogP contribution in [-0.4, -0.2) is 17.7 Å². The van der Waals surface area contributed by atoms with Crippen LogP contribution in [0, 0.1) is 5.82 Å². The molecule has 1 heterocycles.